The Bertz CT molecular complexity index is 655. The van der Waals surface area contributed by atoms with Crippen LogP contribution in [0.4, 0.5) is 5.95 Å². The van der Waals surface area contributed by atoms with Gasteiger partial charge in [-0.2, -0.15) is 0 Å². The second-order valence-electron chi connectivity index (χ2n) is 4.08. The highest BCUT2D eigenvalue weighted by atomic mass is 79.9. The van der Waals surface area contributed by atoms with Crippen LogP contribution in [0.3, 0.4) is 0 Å². The molecule has 0 bridgehead atoms. The van der Waals surface area contributed by atoms with E-state index in [0.29, 0.717) is 5.95 Å². The molecule has 3 aromatic rings. The monoisotopic (exact) mass is 346 g/mol. The Morgan fingerprint density at radius 3 is 2.45 bits per heavy atom. The number of benzene rings is 1. The van der Waals surface area contributed by atoms with Crippen LogP contribution in [0.25, 0.3) is 0 Å². The Kier molecular flexibility index (Phi) is 4.03. The number of aromatic nitrogens is 3. The van der Waals surface area contributed by atoms with Gasteiger partial charge in [0.2, 0.25) is 5.95 Å². The number of rotatable bonds is 4. The van der Waals surface area contributed by atoms with Crippen LogP contribution in [-0.2, 0) is 0 Å². The fourth-order valence-electron chi connectivity index (χ4n) is 1.83. The number of hydrogen-bond donors (Lipinski definition) is 1. The van der Waals surface area contributed by atoms with Crippen LogP contribution in [0.5, 0.6) is 0 Å². The Labute approximate surface area is 129 Å². The second-order valence-corrected chi connectivity index (χ2v) is 5.93. The van der Waals surface area contributed by atoms with Crippen LogP contribution in [-0.4, -0.2) is 15.0 Å². The number of nitrogens with one attached hydrogen (secondary N) is 1. The van der Waals surface area contributed by atoms with E-state index in [9.17, 15) is 0 Å². The molecule has 1 aromatic carbocycles. The van der Waals surface area contributed by atoms with Gasteiger partial charge in [0.05, 0.1) is 4.47 Å². The Morgan fingerprint density at radius 2 is 1.80 bits per heavy atom. The van der Waals surface area contributed by atoms with Gasteiger partial charge >= 0.3 is 0 Å². The summed E-state index contributed by atoms with van der Waals surface area (Å²) in [4.78, 5) is 12.9. The molecular weight excluding hydrogens is 336 g/mol. The highest BCUT2D eigenvalue weighted by molar-refractivity contribution is 9.10. The summed E-state index contributed by atoms with van der Waals surface area (Å²) >= 11 is 4.94. The maximum atomic E-state index is 4.40. The van der Waals surface area contributed by atoms with E-state index >= 15 is 0 Å². The SMILES string of the molecule is Brc1cnc(N[C@@H](c2ccccc2)c2nccs2)nc1. The molecular formula is C14H11BrN4S. The highest BCUT2D eigenvalue weighted by Crippen LogP contribution is 2.26. The van der Waals surface area contributed by atoms with E-state index in [0.717, 1.165) is 15.0 Å². The van der Waals surface area contributed by atoms with Gasteiger partial charge < -0.3 is 5.32 Å². The fourth-order valence-corrected chi connectivity index (χ4v) is 2.74. The van der Waals surface area contributed by atoms with Crippen LogP contribution in [0.2, 0.25) is 0 Å². The summed E-state index contributed by atoms with van der Waals surface area (Å²) in [5.74, 6) is 0.581. The lowest BCUT2D eigenvalue weighted by atomic mass is 10.1. The molecule has 2 heterocycles. The molecule has 0 saturated carbocycles. The van der Waals surface area contributed by atoms with Crippen molar-refractivity contribution < 1.29 is 0 Å². The van der Waals surface area contributed by atoms with Crippen molar-refractivity contribution in [3.63, 3.8) is 0 Å². The molecule has 0 unspecified atom stereocenters. The molecule has 0 spiro atoms. The summed E-state index contributed by atoms with van der Waals surface area (Å²) in [5.41, 5.74) is 1.13. The third-order valence-electron chi connectivity index (χ3n) is 2.73. The minimum Gasteiger partial charge on any atom is -0.341 e. The molecule has 2 aromatic heterocycles. The van der Waals surface area contributed by atoms with Gasteiger partial charge in [-0.05, 0) is 21.5 Å². The van der Waals surface area contributed by atoms with E-state index < -0.39 is 0 Å². The quantitative estimate of drug-likeness (QED) is 0.778. The van der Waals surface area contributed by atoms with Crippen molar-refractivity contribution in [1.82, 2.24) is 15.0 Å². The zero-order valence-electron chi connectivity index (χ0n) is 10.4. The summed E-state index contributed by atoms with van der Waals surface area (Å²) in [6, 6.07) is 10.1. The third-order valence-corrected chi connectivity index (χ3v) is 3.97. The minimum atomic E-state index is -0.0441. The topological polar surface area (TPSA) is 50.7 Å². The van der Waals surface area contributed by atoms with Gasteiger partial charge in [-0.25, -0.2) is 15.0 Å². The van der Waals surface area contributed by atoms with Crippen LogP contribution in [0.1, 0.15) is 16.6 Å². The highest BCUT2D eigenvalue weighted by Gasteiger charge is 2.17. The molecule has 100 valence electrons. The average Bonchev–Trinajstić information content (AvgIpc) is 3.01. The summed E-state index contributed by atoms with van der Waals surface area (Å²) in [6.07, 6.45) is 5.25. The number of hydrogen-bond acceptors (Lipinski definition) is 5. The molecule has 4 nitrogen and oxygen atoms in total. The van der Waals surface area contributed by atoms with Gasteiger partial charge in [-0.3, -0.25) is 0 Å². The first-order valence-corrected chi connectivity index (χ1v) is 7.68. The van der Waals surface area contributed by atoms with Gasteiger partial charge in [-0.15, -0.1) is 11.3 Å². The van der Waals surface area contributed by atoms with Gasteiger partial charge in [-0.1, -0.05) is 30.3 Å². The number of nitrogens with zero attached hydrogens (tertiary/aromatic N) is 3. The first kappa shape index (κ1) is 13.2. The van der Waals surface area contributed by atoms with Gasteiger partial charge in [0.15, 0.2) is 0 Å². The van der Waals surface area contributed by atoms with E-state index in [2.05, 4.69) is 48.3 Å². The fraction of sp³-hybridized carbons (Fsp3) is 0.0714. The van der Waals surface area contributed by atoms with Crippen molar-refractivity contribution in [2.75, 3.05) is 5.32 Å². The summed E-state index contributed by atoms with van der Waals surface area (Å²) in [7, 11) is 0. The van der Waals surface area contributed by atoms with Crippen LogP contribution in [0, 0.1) is 0 Å². The molecule has 20 heavy (non-hydrogen) atoms. The van der Waals surface area contributed by atoms with E-state index in [-0.39, 0.29) is 6.04 Å². The molecule has 3 rings (SSSR count). The lowest BCUT2D eigenvalue weighted by Gasteiger charge is -2.16. The standard InChI is InChI=1S/C14H11BrN4S/c15-11-8-17-14(18-9-11)19-12(13-16-6-7-20-13)10-4-2-1-3-5-10/h1-9,12H,(H,17,18,19)/t12-/m0/s1. The molecule has 0 radical (unpaired) electrons. The smallest absolute Gasteiger partial charge is 0.223 e. The zero-order valence-corrected chi connectivity index (χ0v) is 12.8. The van der Waals surface area contributed by atoms with Crippen molar-refractivity contribution in [3.05, 3.63) is 69.3 Å². The van der Waals surface area contributed by atoms with Crippen LogP contribution >= 0.6 is 27.3 Å². The van der Waals surface area contributed by atoms with Crippen LogP contribution < -0.4 is 5.32 Å². The van der Waals surface area contributed by atoms with Crippen molar-refractivity contribution in [2.24, 2.45) is 0 Å². The van der Waals surface area contributed by atoms with E-state index in [1.807, 2.05) is 23.6 Å². The average molecular weight is 347 g/mol. The number of thiazole rings is 1. The summed E-state index contributed by atoms with van der Waals surface area (Å²) < 4.78 is 0.855. The molecule has 1 N–H and O–H groups in total. The second kappa shape index (κ2) is 6.11. The molecule has 6 heteroatoms. The van der Waals surface area contributed by atoms with Gasteiger partial charge in [0.1, 0.15) is 11.0 Å². The number of anilines is 1. The largest absolute Gasteiger partial charge is 0.341 e. The first-order chi connectivity index (χ1) is 9.83. The predicted octanol–water partition coefficient (Wildman–Crippen LogP) is 3.90. The summed E-state index contributed by atoms with van der Waals surface area (Å²) in [6.45, 7) is 0. The molecule has 0 aliphatic carbocycles. The zero-order chi connectivity index (χ0) is 13.8. The van der Waals surface area contributed by atoms with E-state index in [1.54, 1.807) is 29.9 Å². The third kappa shape index (κ3) is 3.02. The molecule has 0 aliphatic heterocycles. The van der Waals surface area contributed by atoms with Crippen LogP contribution in [0.15, 0.2) is 58.8 Å². The molecule has 0 saturated heterocycles. The maximum Gasteiger partial charge on any atom is 0.223 e. The van der Waals surface area contributed by atoms with Crippen molar-refractivity contribution in [1.29, 1.82) is 0 Å². The molecule has 0 aliphatic rings. The Morgan fingerprint density at radius 1 is 1.05 bits per heavy atom. The lowest BCUT2D eigenvalue weighted by Crippen LogP contribution is -2.13. The van der Waals surface area contributed by atoms with Crippen molar-refractivity contribution >= 4 is 33.2 Å². The predicted molar refractivity (Wildman–Crippen MR) is 83.8 cm³/mol. The lowest BCUT2D eigenvalue weighted by molar-refractivity contribution is 0.893. The van der Waals surface area contributed by atoms with Gasteiger partial charge in [0.25, 0.3) is 0 Å². The maximum absolute atomic E-state index is 4.40. The summed E-state index contributed by atoms with van der Waals surface area (Å²) in [5, 5.41) is 6.29. The van der Waals surface area contributed by atoms with Crippen molar-refractivity contribution in [2.45, 2.75) is 6.04 Å². The minimum absolute atomic E-state index is 0.0441. The molecule has 0 amide bonds. The van der Waals surface area contributed by atoms with E-state index in [1.165, 1.54) is 0 Å². The normalized spacial score (nSPS) is 12.1. The Balaban J connectivity index is 1.92. The van der Waals surface area contributed by atoms with Crippen molar-refractivity contribution in [3.8, 4) is 0 Å². The first-order valence-electron chi connectivity index (χ1n) is 6.01. The number of halogens is 1. The molecule has 0 fully saturated rings. The molecule has 1 atom stereocenters. The van der Waals surface area contributed by atoms with Gasteiger partial charge in [0, 0.05) is 24.0 Å². The van der Waals surface area contributed by atoms with E-state index in [4.69, 9.17) is 0 Å². The Hall–Kier alpha value is -1.79.